The fraction of sp³-hybridized carbons (Fsp3) is 0.111. The molecule has 1 aromatic rings. The zero-order valence-corrected chi connectivity index (χ0v) is 11.3. The quantitative estimate of drug-likeness (QED) is 0.475. The summed E-state index contributed by atoms with van der Waals surface area (Å²) in [6, 6.07) is -1.19. The minimum Gasteiger partial charge on any atom is -0.317 e. The van der Waals surface area contributed by atoms with Crippen molar-refractivity contribution in [3.05, 3.63) is 36.3 Å². The molecule has 1 aromatic carbocycles. The highest BCUT2D eigenvalue weighted by molar-refractivity contribution is 6.44. The van der Waals surface area contributed by atoms with Gasteiger partial charge in [-0.2, -0.15) is 0 Å². The average molecular weight is 335 g/mol. The maximum atomic E-state index is 11.7. The molecule has 0 aromatic heterocycles. The highest BCUT2D eigenvalue weighted by Gasteiger charge is 2.43. The summed E-state index contributed by atoms with van der Waals surface area (Å²) in [5.74, 6) is -2.57. The van der Waals surface area contributed by atoms with E-state index in [0.29, 0.717) is 0 Å². The van der Waals surface area contributed by atoms with Crippen LogP contribution in [0.4, 0.5) is 17.1 Å². The minimum atomic E-state index is -2.24. The van der Waals surface area contributed by atoms with E-state index in [0.717, 1.165) is 6.07 Å². The lowest BCUT2D eigenvalue weighted by Crippen LogP contribution is -2.42. The Kier molecular flexibility index (Phi) is 3.66. The minimum absolute atomic E-state index is 0.251. The molecular weight excluding hydrogens is 331 g/mol. The maximum absolute atomic E-state index is 11.7. The number of fused-ring (bicyclic) bond motifs is 1. The first-order valence-electron chi connectivity index (χ1n) is 5.15. The normalized spacial score (nSPS) is 17.3. The summed E-state index contributed by atoms with van der Waals surface area (Å²) in [6.07, 6.45) is 0. The molecule has 1 heterocycles. The van der Waals surface area contributed by atoms with E-state index >= 15 is 0 Å². The second-order valence-electron chi connectivity index (χ2n) is 3.87. The molecule has 0 bridgehead atoms. The predicted molar refractivity (Wildman–Crippen MR) is 71.2 cm³/mol. The number of carbonyl (C=O) groups excluding carboxylic acids is 2. The first-order chi connectivity index (χ1) is 9.73. The van der Waals surface area contributed by atoms with Crippen molar-refractivity contribution in [2.24, 2.45) is 0 Å². The van der Waals surface area contributed by atoms with Crippen molar-refractivity contribution in [1.82, 2.24) is 0 Å². The van der Waals surface area contributed by atoms with E-state index in [1.165, 1.54) is 0 Å². The molecule has 110 valence electrons. The molecule has 0 saturated carbocycles. The van der Waals surface area contributed by atoms with Gasteiger partial charge in [0, 0.05) is 4.92 Å². The van der Waals surface area contributed by atoms with Gasteiger partial charge in [-0.05, 0) is 6.07 Å². The molecule has 0 radical (unpaired) electrons. The standard InChI is InChI=1S/C9H4Cl2N4O6/c10-2-1-3-5(6(4(2)11)14(18)19)13-9(17)7(15(20)21)8(16)12-3/h1,7H,(H,12,16)(H,13,17). The summed E-state index contributed by atoms with van der Waals surface area (Å²) in [5.41, 5.74) is -1.48. The van der Waals surface area contributed by atoms with Crippen molar-refractivity contribution in [3.8, 4) is 0 Å². The number of anilines is 2. The number of amides is 2. The SMILES string of the molecule is O=C1Nc2cc(Cl)c(Cl)c([N+](=O)[O-])c2NC(=O)C1[N+](=O)[O-]. The van der Waals surface area contributed by atoms with Crippen LogP contribution >= 0.6 is 23.2 Å². The van der Waals surface area contributed by atoms with Crippen molar-refractivity contribution >= 4 is 52.1 Å². The van der Waals surface area contributed by atoms with Gasteiger partial charge in [-0.1, -0.05) is 23.2 Å². The first kappa shape index (κ1) is 14.9. The third-order valence-corrected chi connectivity index (χ3v) is 3.37. The van der Waals surface area contributed by atoms with E-state index in [1.54, 1.807) is 0 Å². The molecule has 1 atom stereocenters. The Bertz CT molecular complexity index is 706. The van der Waals surface area contributed by atoms with Crippen LogP contribution in [0.1, 0.15) is 0 Å². The molecule has 0 aliphatic carbocycles. The Morgan fingerprint density at radius 3 is 2.19 bits per heavy atom. The zero-order valence-electron chi connectivity index (χ0n) is 9.75. The fourth-order valence-corrected chi connectivity index (χ4v) is 2.13. The van der Waals surface area contributed by atoms with E-state index in [2.05, 4.69) is 0 Å². The Morgan fingerprint density at radius 2 is 1.67 bits per heavy atom. The lowest BCUT2D eigenvalue weighted by atomic mass is 10.2. The van der Waals surface area contributed by atoms with Crippen LogP contribution in [-0.4, -0.2) is 27.7 Å². The number of nitrogens with zero attached hydrogens (tertiary/aromatic N) is 2. The van der Waals surface area contributed by atoms with Crippen molar-refractivity contribution in [1.29, 1.82) is 0 Å². The lowest BCUT2D eigenvalue weighted by molar-refractivity contribution is -0.492. The second kappa shape index (κ2) is 5.14. The number of nitro benzene ring substituents is 1. The maximum Gasteiger partial charge on any atom is 0.366 e. The van der Waals surface area contributed by atoms with E-state index in [-0.39, 0.29) is 10.7 Å². The smallest absolute Gasteiger partial charge is 0.317 e. The number of hydrogen-bond acceptors (Lipinski definition) is 6. The molecule has 1 aliphatic rings. The molecule has 21 heavy (non-hydrogen) atoms. The Hall–Kier alpha value is -2.46. The van der Waals surface area contributed by atoms with Gasteiger partial charge < -0.3 is 10.6 Å². The molecule has 0 saturated heterocycles. The highest BCUT2D eigenvalue weighted by atomic mass is 35.5. The lowest BCUT2D eigenvalue weighted by Gasteiger charge is -2.09. The van der Waals surface area contributed by atoms with E-state index < -0.39 is 44.1 Å². The molecule has 10 nitrogen and oxygen atoms in total. The summed E-state index contributed by atoms with van der Waals surface area (Å²) < 4.78 is 0. The van der Waals surface area contributed by atoms with E-state index in [1.807, 2.05) is 10.6 Å². The number of rotatable bonds is 2. The highest BCUT2D eigenvalue weighted by Crippen LogP contribution is 2.44. The first-order valence-corrected chi connectivity index (χ1v) is 5.91. The molecule has 12 heteroatoms. The van der Waals surface area contributed by atoms with Gasteiger partial charge in [-0.3, -0.25) is 29.8 Å². The number of hydrogen-bond donors (Lipinski definition) is 2. The number of nitro groups is 2. The van der Waals surface area contributed by atoms with Crippen LogP contribution in [-0.2, 0) is 9.59 Å². The van der Waals surface area contributed by atoms with Gasteiger partial charge in [0.25, 0.3) is 0 Å². The van der Waals surface area contributed by atoms with Crippen molar-refractivity contribution < 1.29 is 19.4 Å². The summed E-state index contributed by atoms with van der Waals surface area (Å²) in [7, 11) is 0. The zero-order chi connectivity index (χ0) is 15.9. The second-order valence-corrected chi connectivity index (χ2v) is 4.65. The van der Waals surface area contributed by atoms with Crippen LogP contribution < -0.4 is 10.6 Å². The van der Waals surface area contributed by atoms with Gasteiger partial charge in [0.05, 0.1) is 15.6 Å². The van der Waals surface area contributed by atoms with Crippen LogP contribution in [0, 0.1) is 20.2 Å². The van der Waals surface area contributed by atoms with Crippen LogP contribution in [0.25, 0.3) is 0 Å². The third kappa shape index (κ3) is 2.45. The summed E-state index contributed by atoms with van der Waals surface area (Å²) in [6.45, 7) is 0. The van der Waals surface area contributed by atoms with E-state index in [9.17, 15) is 29.8 Å². The van der Waals surface area contributed by atoms with Crippen LogP contribution in [0.15, 0.2) is 6.07 Å². The van der Waals surface area contributed by atoms with Crippen LogP contribution in [0.2, 0.25) is 10.0 Å². The molecule has 0 spiro atoms. The van der Waals surface area contributed by atoms with Crippen molar-refractivity contribution in [2.45, 2.75) is 6.04 Å². The molecule has 2 amide bonds. The number of carbonyl (C=O) groups is 2. The third-order valence-electron chi connectivity index (χ3n) is 2.59. The van der Waals surface area contributed by atoms with Crippen LogP contribution in [0.5, 0.6) is 0 Å². The molecular formula is C9H4Cl2N4O6. The Labute approximate surface area is 125 Å². The number of benzene rings is 1. The number of nitrogens with one attached hydrogen (secondary N) is 2. The molecule has 0 fully saturated rings. The van der Waals surface area contributed by atoms with Gasteiger partial charge in [0.15, 0.2) is 0 Å². The van der Waals surface area contributed by atoms with Crippen molar-refractivity contribution in [3.63, 3.8) is 0 Å². The number of halogens is 2. The molecule has 1 aliphatic heterocycles. The fourth-order valence-electron chi connectivity index (χ4n) is 1.71. The molecule has 2 rings (SSSR count). The predicted octanol–water partition coefficient (Wildman–Crippen LogP) is 1.44. The van der Waals surface area contributed by atoms with Gasteiger partial charge in [0.2, 0.25) is 0 Å². The molecule has 1 unspecified atom stereocenters. The van der Waals surface area contributed by atoms with Crippen molar-refractivity contribution in [2.75, 3.05) is 10.6 Å². The van der Waals surface area contributed by atoms with Gasteiger partial charge in [-0.25, -0.2) is 0 Å². The van der Waals surface area contributed by atoms with Gasteiger partial charge >= 0.3 is 23.5 Å². The van der Waals surface area contributed by atoms with Gasteiger partial charge in [0.1, 0.15) is 10.7 Å². The topological polar surface area (TPSA) is 144 Å². The largest absolute Gasteiger partial charge is 0.366 e. The van der Waals surface area contributed by atoms with Crippen LogP contribution in [0.3, 0.4) is 0 Å². The summed E-state index contributed by atoms with van der Waals surface area (Å²) in [4.78, 5) is 43.0. The van der Waals surface area contributed by atoms with Gasteiger partial charge in [-0.15, -0.1) is 0 Å². The Balaban J connectivity index is 2.68. The summed E-state index contributed by atoms with van der Waals surface area (Å²) >= 11 is 11.4. The van der Waals surface area contributed by atoms with E-state index in [4.69, 9.17) is 23.2 Å². The monoisotopic (exact) mass is 334 g/mol. The Morgan fingerprint density at radius 1 is 1.10 bits per heavy atom. The average Bonchev–Trinajstić information content (AvgIpc) is 2.45. The summed E-state index contributed by atoms with van der Waals surface area (Å²) in [5, 5.41) is 25.0. The molecule has 2 N–H and O–H groups in total.